The summed E-state index contributed by atoms with van der Waals surface area (Å²) in [5.41, 5.74) is 14.1. The Labute approximate surface area is 287 Å². The largest absolute Gasteiger partial charge is 0.310 e. The number of rotatable bonds is 4. The number of imidazole rings is 1. The molecule has 10 aromatic rings. The molecular weight excluding hydrogens is 611 g/mol. The summed E-state index contributed by atoms with van der Waals surface area (Å²) in [6.07, 6.45) is 2.07. The SMILES string of the molecule is [C-]#[N+]c1ccc2c3ccc(-c4cccc(-c5ccc6nc(-c7ccccc7)c7c(nc8ccccn87)c6c5)c4)cc3n(-c3ccccc3)c2c1. The van der Waals surface area contributed by atoms with Crippen molar-refractivity contribution < 1.29 is 0 Å². The van der Waals surface area contributed by atoms with Gasteiger partial charge in [0.2, 0.25) is 0 Å². The van der Waals surface area contributed by atoms with Crippen LogP contribution in [0.5, 0.6) is 0 Å². The van der Waals surface area contributed by atoms with Crippen molar-refractivity contribution in [3.8, 4) is 39.2 Å². The highest BCUT2D eigenvalue weighted by Gasteiger charge is 2.18. The lowest BCUT2D eigenvalue weighted by Gasteiger charge is -2.11. The van der Waals surface area contributed by atoms with E-state index in [1.807, 2.05) is 42.5 Å². The summed E-state index contributed by atoms with van der Waals surface area (Å²) in [5, 5.41) is 3.32. The predicted molar refractivity (Wildman–Crippen MR) is 205 cm³/mol. The number of pyridine rings is 2. The Hall–Kier alpha value is -7.03. The first-order valence-corrected chi connectivity index (χ1v) is 16.6. The second kappa shape index (κ2) is 11.0. The summed E-state index contributed by atoms with van der Waals surface area (Å²) >= 11 is 0. The summed E-state index contributed by atoms with van der Waals surface area (Å²) in [5.74, 6) is 0. The van der Waals surface area contributed by atoms with E-state index in [1.165, 1.54) is 0 Å². The number of para-hydroxylation sites is 1. The Bertz CT molecular complexity index is 2980. The highest BCUT2D eigenvalue weighted by atomic mass is 15.0. The van der Waals surface area contributed by atoms with E-state index in [4.69, 9.17) is 16.5 Å². The van der Waals surface area contributed by atoms with E-state index in [0.29, 0.717) is 5.69 Å². The molecule has 0 spiro atoms. The van der Waals surface area contributed by atoms with Crippen LogP contribution in [0.3, 0.4) is 0 Å². The van der Waals surface area contributed by atoms with Crippen LogP contribution in [0.2, 0.25) is 0 Å². The average Bonchev–Trinajstić information content (AvgIpc) is 3.74. The van der Waals surface area contributed by atoms with E-state index < -0.39 is 0 Å². The molecule has 0 aliphatic rings. The Balaban J connectivity index is 1.14. The quantitative estimate of drug-likeness (QED) is 0.180. The molecule has 5 nitrogen and oxygen atoms in total. The van der Waals surface area contributed by atoms with E-state index >= 15 is 0 Å². The molecule has 5 heteroatoms. The molecule has 0 saturated heterocycles. The van der Waals surface area contributed by atoms with Crippen molar-refractivity contribution in [2.75, 3.05) is 0 Å². The molecule has 4 heterocycles. The number of aromatic nitrogens is 4. The number of hydrogen-bond acceptors (Lipinski definition) is 2. The van der Waals surface area contributed by atoms with E-state index in [2.05, 4.69) is 135 Å². The van der Waals surface area contributed by atoms with Crippen molar-refractivity contribution in [2.45, 2.75) is 0 Å². The third kappa shape index (κ3) is 4.33. The molecule has 0 N–H and O–H groups in total. The molecule has 10 rings (SSSR count). The molecule has 0 amide bonds. The van der Waals surface area contributed by atoms with E-state index in [0.717, 1.165) is 88.6 Å². The smallest absolute Gasteiger partial charge is 0.189 e. The maximum absolute atomic E-state index is 7.63. The summed E-state index contributed by atoms with van der Waals surface area (Å²) in [6, 6.07) is 54.8. The molecule has 0 bridgehead atoms. The van der Waals surface area contributed by atoms with Crippen molar-refractivity contribution in [1.29, 1.82) is 0 Å². The van der Waals surface area contributed by atoms with Gasteiger partial charge in [-0.25, -0.2) is 14.8 Å². The number of nitrogens with zero attached hydrogens (tertiary/aromatic N) is 5. The summed E-state index contributed by atoms with van der Waals surface area (Å²) < 4.78 is 4.41. The normalized spacial score (nSPS) is 11.6. The van der Waals surface area contributed by atoms with Crippen LogP contribution in [-0.2, 0) is 0 Å². The van der Waals surface area contributed by atoms with Gasteiger partial charge in [-0.15, -0.1) is 0 Å². The zero-order valence-electron chi connectivity index (χ0n) is 26.8. The van der Waals surface area contributed by atoms with Crippen molar-refractivity contribution in [1.82, 2.24) is 18.9 Å². The Morgan fingerprint density at radius 2 is 1.16 bits per heavy atom. The molecule has 0 unspecified atom stereocenters. The third-order valence-electron chi connectivity index (χ3n) is 9.71. The first-order valence-electron chi connectivity index (χ1n) is 16.6. The van der Waals surface area contributed by atoms with Gasteiger partial charge in [0.25, 0.3) is 0 Å². The monoisotopic (exact) mass is 637 g/mol. The maximum Gasteiger partial charge on any atom is 0.189 e. The summed E-state index contributed by atoms with van der Waals surface area (Å²) in [7, 11) is 0. The molecule has 0 aliphatic heterocycles. The molecular formula is C45H27N5. The molecule has 0 radical (unpaired) electrons. The van der Waals surface area contributed by atoms with Crippen molar-refractivity contribution in [3.63, 3.8) is 0 Å². The van der Waals surface area contributed by atoms with Gasteiger partial charge >= 0.3 is 0 Å². The van der Waals surface area contributed by atoms with Crippen molar-refractivity contribution in [2.24, 2.45) is 0 Å². The third-order valence-corrected chi connectivity index (χ3v) is 9.71. The van der Waals surface area contributed by atoms with Crippen LogP contribution in [0.4, 0.5) is 5.69 Å². The van der Waals surface area contributed by atoms with Crippen LogP contribution in [0, 0.1) is 6.57 Å². The van der Waals surface area contributed by atoms with Crippen LogP contribution in [0.25, 0.3) is 93.4 Å². The zero-order chi connectivity index (χ0) is 33.2. The molecule has 0 fully saturated rings. The van der Waals surface area contributed by atoms with E-state index in [1.54, 1.807) is 0 Å². The number of fused-ring (bicyclic) bond motifs is 8. The van der Waals surface area contributed by atoms with Gasteiger partial charge in [-0.1, -0.05) is 103 Å². The van der Waals surface area contributed by atoms with Gasteiger partial charge in [0, 0.05) is 39.1 Å². The lowest BCUT2D eigenvalue weighted by Crippen LogP contribution is -1.93. The molecule has 4 aromatic heterocycles. The van der Waals surface area contributed by atoms with Crippen LogP contribution in [0.1, 0.15) is 0 Å². The lowest BCUT2D eigenvalue weighted by molar-refractivity contribution is 1.18. The molecule has 232 valence electrons. The Kier molecular flexibility index (Phi) is 6.17. The minimum Gasteiger partial charge on any atom is -0.310 e. The molecule has 0 saturated carbocycles. The van der Waals surface area contributed by atoms with Gasteiger partial charge in [-0.3, -0.25) is 4.40 Å². The van der Waals surface area contributed by atoms with Gasteiger partial charge in [0.1, 0.15) is 11.2 Å². The second-order valence-corrected chi connectivity index (χ2v) is 12.6. The summed E-state index contributed by atoms with van der Waals surface area (Å²) in [4.78, 5) is 14.1. The van der Waals surface area contributed by atoms with Gasteiger partial charge in [0.05, 0.1) is 28.8 Å². The highest BCUT2D eigenvalue weighted by Crippen LogP contribution is 2.38. The minimum absolute atomic E-state index is 0.633. The summed E-state index contributed by atoms with van der Waals surface area (Å²) in [6.45, 7) is 7.63. The number of hydrogen-bond donors (Lipinski definition) is 0. The van der Waals surface area contributed by atoms with E-state index in [9.17, 15) is 0 Å². The van der Waals surface area contributed by atoms with Gasteiger partial charge < -0.3 is 4.57 Å². The van der Waals surface area contributed by atoms with Gasteiger partial charge in [-0.05, 0) is 76.9 Å². The molecule has 6 aromatic carbocycles. The van der Waals surface area contributed by atoms with Crippen LogP contribution >= 0.6 is 0 Å². The topological polar surface area (TPSA) is 39.5 Å². The minimum atomic E-state index is 0.633. The fourth-order valence-electron chi connectivity index (χ4n) is 7.37. The predicted octanol–water partition coefficient (Wildman–Crippen LogP) is 11.7. The van der Waals surface area contributed by atoms with Crippen LogP contribution in [0.15, 0.2) is 164 Å². The highest BCUT2D eigenvalue weighted by molar-refractivity contribution is 6.12. The second-order valence-electron chi connectivity index (χ2n) is 12.6. The number of benzene rings is 6. The van der Waals surface area contributed by atoms with Crippen molar-refractivity contribution >= 4 is 55.1 Å². The first-order chi connectivity index (χ1) is 24.7. The van der Waals surface area contributed by atoms with Crippen molar-refractivity contribution in [3.05, 3.63) is 175 Å². The van der Waals surface area contributed by atoms with E-state index in [-0.39, 0.29) is 0 Å². The fraction of sp³-hybridized carbons (Fsp3) is 0. The van der Waals surface area contributed by atoms with Gasteiger partial charge in [0.15, 0.2) is 5.69 Å². The zero-order valence-corrected chi connectivity index (χ0v) is 26.8. The van der Waals surface area contributed by atoms with Gasteiger partial charge in [-0.2, -0.15) is 0 Å². The molecule has 0 aliphatic carbocycles. The molecule has 0 atom stereocenters. The van der Waals surface area contributed by atoms with Crippen LogP contribution in [-0.4, -0.2) is 18.9 Å². The average molecular weight is 638 g/mol. The first kappa shape index (κ1) is 28.0. The lowest BCUT2D eigenvalue weighted by atomic mass is 9.97. The van der Waals surface area contributed by atoms with Crippen LogP contribution < -0.4 is 0 Å². The maximum atomic E-state index is 7.63. The fourth-order valence-corrected chi connectivity index (χ4v) is 7.37. The Morgan fingerprint density at radius 1 is 0.500 bits per heavy atom. The Morgan fingerprint density at radius 3 is 1.96 bits per heavy atom. The standard InChI is InChI=1S/C45H27N5/c1-46-34-20-22-37-36-21-18-33(27-40(36)50(41(37)28-34)35-15-6-3-7-16-35)31-14-10-13-30(25-31)32-19-23-39-38(26-32)44-45(49-24-9-8-17-42(49)48-44)43(47-39)29-11-4-2-5-12-29/h2-28H. The molecule has 50 heavy (non-hydrogen) atoms.